The molecule has 0 aliphatic carbocycles. The number of carbonyl (C=O) groups excluding carboxylic acids is 1. The summed E-state index contributed by atoms with van der Waals surface area (Å²) < 4.78 is 0. The highest BCUT2D eigenvalue weighted by molar-refractivity contribution is 5.85. The third kappa shape index (κ3) is 3.78. The second-order valence-corrected chi connectivity index (χ2v) is 5.84. The molecule has 0 spiro atoms. The molecule has 0 saturated carbocycles. The molecule has 1 saturated heterocycles. The lowest BCUT2D eigenvalue weighted by molar-refractivity contribution is -0.126. The highest BCUT2D eigenvalue weighted by Gasteiger charge is 2.27. The Labute approximate surface area is 114 Å². The molecule has 1 aliphatic rings. The lowest BCUT2D eigenvalue weighted by Gasteiger charge is -2.32. The Balaban J connectivity index is 1.85. The van der Waals surface area contributed by atoms with Gasteiger partial charge < -0.3 is 16.4 Å². The number of amides is 1. The maximum absolute atomic E-state index is 11.8. The molecule has 4 N–H and O–H groups in total. The van der Waals surface area contributed by atoms with Crippen LogP contribution in [0.15, 0.2) is 30.3 Å². The van der Waals surface area contributed by atoms with Gasteiger partial charge in [-0.05, 0) is 32.3 Å². The van der Waals surface area contributed by atoms with Crippen LogP contribution < -0.4 is 16.4 Å². The van der Waals surface area contributed by atoms with Gasteiger partial charge in [-0.15, -0.1) is 0 Å². The summed E-state index contributed by atoms with van der Waals surface area (Å²) in [5, 5.41) is 6.49. The van der Waals surface area contributed by atoms with Gasteiger partial charge in [0.2, 0.25) is 5.91 Å². The topological polar surface area (TPSA) is 67.2 Å². The lowest BCUT2D eigenvalue weighted by atomic mass is 9.94. The summed E-state index contributed by atoms with van der Waals surface area (Å²) in [6.45, 7) is 4.25. The SMILES string of the molecule is CC(C)(N)C(=O)NC1CCC(c2ccccc2)NC1. The minimum Gasteiger partial charge on any atom is -0.351 e. The van der Waals surface area contributed by atoms with E-state index in [9.17, 15) is 4.79 Å². The minimum absolute atomic E-state index is 0.0857. The fourth-order valence-electron chi connectivity index (χ4n) is 2.32. The number of nitrogens with one attached hydrogen (secondary N) is 2. The van der Waals surface area contributed by atoms with E-state index in [-0.39, 0.29) is 11.9 Å². The Bertz CT molecular complexity index is 417. The number of hydrogen-bond acceptors (Lipinski definition) is 3. The van der Waals surface area contributed by atoms with Crippen LogP contribution in [0.25, 0.3) is 0 Å². The van der Waals surface area contributed by atoms with Gasteiger partial charge in [0.05, 0.1) is 5.54 Å². The Morgan fingerprint density at radius 1 is 1.32 bits per heavy atom. The molecule has 4 heteroatoms. The minimum atomic E-state index is -0.809. The summed E-state index contributed by atoms with van der Waals surface area (Å²) in [6, 6.07) is 11.0. The van der Waals surface area contributed by atoms with Crippen molar-refractivity contribution in [1.82, 2.24) is 10.6 Å². The normalized spacial score (nSPS) is 23.9. The maximum atomic E-state index is 11.8. The second kappa shape index (κ2) is 5.72. The number of piperidine rings is 1. The first-order valence-electron chi connectivity index (χ1n) is 6.85. The fourth-order valence-corrected chi connectivity index (χ4v) is 2.32. The molecule has 0 radical (unpaired) electrons. The zero-order chi connectivity index (χ0) is 13.9. The van der Waals surface area contributed by atoms with Crippen molar-refractivity contribution in [2.75, 3.05) is 6.54 Å². The summed E-state index contributed by atoms with van der Waals surface area (Å²) in [5.74, 6) is -0.0857. The molecule has 1 amide bonds. The Kier molecular flexibility index (Phi) is 4.22. The number of hydrogen-bond donors (Lipinski definition) is 3. The van der Waals surface area contributed by atoms with Gasteiger partial charge in [0, 0.05) is 18.6 Å². The molecule has 104 valence electrons. The molecule has 1 aliphatic heterocycles. The summed E-state index contributed by atoms with van der Waals surface area (Å²) in [4.78, 5) is 11.8. The van der Waals surface area contributed by atoms with Crippen molar-refractivity contribution in [3.05, 3.63) is 35.9 Å². The van der Waals surface area contributed by atoms with Crippen molar-refractivity contribution < 1.29 is 4.79 Å². The molecule has 1 aromatic rings. The molecule has 1 heterocycles. The number of rotatable bonds is 3. The van der Waals surface area contributed by atoms with Crippen LogP contribution in [0.2, 0.25) is 0 Å². The average molecular weight is 261 g/mol. The Morgan fingerprint density at radius 2 is 2.00 bits per heavy atom. The van der Waals surface area contributed by atoms with E-state index in [1.165, 1.54) is 5.56 Å². The van der Waals surface area contributed by atoms with Gasteiger partial charge in [0.15, 0.2) is 0 Å². The van der Waals surface area contributed by atoms with Gasteiger partial charge in [0.25, 0.3) is 0 Å². The van der Waals surface area contributed by atoms with Crippen molar-refractivity contribution >= 4 is 5.91 Å². The van der Waals surface area contributed by atoms with Crippen LogP contribution in [-0.4, -0.2) is 24.0 Å². The van der Waals surface area contributed by atoms with Crippen molar-refractivity contribution in [2.24, 2.45) is 5.73 Å². The lowest BCUT2D eigenvalue weighted by Crippen LogP contribution is -2.55. The van der Waals surface area contributed by atoms with E-state index in [2.05, 4.69) is 34.9 Å². The zero-order valence-electron chi connectivity index (χ0n) is 11.6. The van der Waals surface area contributed by atoms with E-state index in [1.807, 2.05) is 6.07 Å². The highest BCUT2D eigenvalue weighted by atomic mass is 16.2. The van der Waals surface area contributed by atoms with Crippen LogP contribution >= 0.6 is 0 Å². The molecule has 2 unspecified atom stereocenters. The fraction of sp³-hybridized carbons (Fsp3) is 0.533. The summed E-state index contributed by atoms with van der Waals surface area (Å²) in [5.41, 5.74) is 6.28. The predicted octanol–water partition coefficient (Wildman–Crippen LogP) is 1.33. The number of benzene rings is 1. The van der Waals surface area contributed by atoms with Crippen LogP contribution in [-0.2, 0) is 4.79 Å². The quantitative estimate of drug-likeness (QED) is 0.769. The number of carbonyl (C=O) groups is 1. The van der Waals surface area contributed by atoms with E-state index in [4.69, 9.17) is 5.73 Å². The van der Waals surface area contributed by atoms with Crippen molar-refractivity contribution in [1.29, 1.82) is 0 Å². The van der Waals surface area contributed by atoms with Crippen LogP contribution in [0.3, 0.4) is 0 Å². The monoisotopic (exact) mass is 261 g/mol. The molecule has 2 atom stereocenters. The largest absolute Gasteiger partial charge is 0.351 e. The van der Waals surface area contributed by atoms with Gasteiger partial charge in [-0.1, -0.05) is 30.3 Å². The predicted molar refractivity (Wildman–Crippen MR) is 76.6 cm³/mol. The maximum Gasteiger partial charge on any atom is 0.239 e. The second-order valence-electron chi connectivity index (χ2n) is 5.84. The number of nitrogens with two attached hydrogens (primary N) is 1. The Hall–Kier alpha value is -1.39. The molecule has 2 rings (SSSR count). The van der Waals surface area contributed by atoms with Gasteiger partial charge >= 0.3 is 0 Å². The van der Waals surface area contributed by atoms with Crippen LogP contribution in [0, 0.1) is 0 Å². The van der Waals surface area contributed by atoms with Crippen molar-refractivity contribution in [3.63, 3.8) is 0 Å². The van der Waals surface area contributed by atoms with Crippen LogP contribution in [0.5, 0.6) is 0 Å². The van der Waals surface area contributed by atoms with Crippen LogP contribution in [0.4, 0.5) is 0 Å². The zero-order valence-corrected chi connectivity index (χ0v) is 11.6. The van der Waals surface area contributed by atoms with E-state index < -0.39 is 5.54 Å². The van der Waals surface area contributed by atoms with Crippen molar-refractivity contribution in [3.8, 4) is 0 Å². The molecule has 4 nitrogen and oxygen atoms in total. The molecule has 0 aromatic heterocycles. The molecule has 19 heavy (non-hydrogen) atoms. The summed E-state index contributed by atoms with van der Waals surface area (Å²) >= 11 is 0. The Morgan fingerprint density at radius 3 is 2.53 bits per heavy atom. The first-order valence-corrected chi connectivity index (χ1v) is 6.85. The van der Waals surface area contributed by atoms with E-state index in [1.54, 1.807) is 13.8 Å². The van der Waals surface area contributed by atoms with Gasteiger partial charge in [-0.3, -0.25) is 4.79 Å². The summed E-state index contributed by atoms with van der Waals surface area (Å²) in [7, 11) is 0. The molecule has 0 bridgehead atoms. The molecule has 1 aromatic carbocycles. The van der Waals surface area contributed by atoms with E-state index in [0.717, 1.165) is 19.4 Å². The van der Waals surface area contributed by atoms with Gasteiger partial charge in [-0.25, -0.2) is 0 Å². The first kappa shape index (κ1) is 14.0. The molecular formula is C15H23N3O. The molecule has 1 fully saturated rings. The van der Waals surface area contributed by atoms with E-state index >= 15 is 0 Å². The third-order valence-electron chi connectivity index (χ3n) is 3.54. The smallest absolute Gasteiger partial charge is 0.239 e. The third-order valence-corrected chi connectivity index (χ3v) is 3.54. The van der Waals surface area contributed by atoms with Crippen LogP contribution in [0.1, 0.15) is 38.3 Å². The average Bonchev–Trinajstić information content (AvgIpc) is 2.39. The van der Waals surface area contributed by atoms with Crippen molar-refractivity contribution in [2.45, 2.75) is 44.3 Å². The standard InChI is InChI=1S/C15H23N3O/c1-15(2,16)14(19)18-12-8-9-13(17-10-12)11-6-4-3-5-7-11/h3-7,12-13,17H,8-10,16H2,1-2H3,(H,18,19). The molecular weight excluding hydrogens is 238 g/mol. The van der Waals surface area contributed by atoms with Gasteiger partial charge in [0.1, 0.15) is 0 Å². The first-order chi connectivity index (χ1) is 8.97. The summed E-state index contributed by atoms with van der Waals surface area (Å²) in [6.07, 6.45) is 2.01. The van der Waals surface area contributed by atoms with Gasteiger partial charge in [-0.2, -0.15) is 0 Å². The van der Waals surface area contributed by atoms with E-state index in [0.29, 0.717) is 6.04 Å². The highest BCUT2D eigenvalue weighted by Crippen LogP contribution is 2.22.